The summed E-state index contributed by atoms with van der Waals surface area (Å²) in [6, 6.07) is 6.12. The van der Waals surface area contributed by atoms with E-state index in [9.17, 15) is 0 Å². The Balaban J connectivity index is 2.61. The molecule has 0 spiro atoms. The van der Waals surface area contributed by atoms with E-state index < -0.39 is 0 Å². The van der Waals surface area contributed by atoms with E-state index in [0.717, 1.165) is 14.4 Å². The fraction of sp³-hybridized carbons (Fsp3) is 0.200. The molecule has 1 nitrogen and oxygen atoms in total. The highest BCUT2D eigenvalue weighted by Crippen LogP contribution is 2.38. The Morgan fingerprint density at radius 2 is 2.29 bits per heavy atom. The normalized spacial score (nSPS) is 10.8. The summed E-state index contributed by atoms with van der Waals surface area (Å²) >= 11 is 9.62. The van der Waals surface area contributed by atoms with Crippen molar-refractivity contribution in [3.8, 4) is 5.75 Å². The first-order valence-electron chi connectivity index (χ1n) is 4.26. The van der Waals surface area contributed by atoms with Gasteiger partial charge in [-0.3, -0.25) is 0 Å². The van der Waals surface area contributed by atoms with Crippen LogP contribution in [0.3, 0.4) is 0 Å². The van der Waals surface area contributed by atoms with Gasteiger partial charge in [-0.25, -0.2) is 0 Å². The molecule has 0 radical (unpaired) electrons. The molecule has 0 amide bonds. The minimum Gasteiger partial charge on any atom is -0.493 e. The van der Waals surface area contributed by atoms with Crippen molar-refractivity contribution < 1.29 is 4.74 Å². The molecule has 0 bridgehead atoms. The first-order valence-corrected chi connectivity index (χ1v) is 6.32. The molecule has 0 aliphatic heterocycles. The molecule has 0 fully saturated rings. The second-order valence-electron chi connectivity index (χ2n) is 2.81. The molecular formula is C10H9BrOS2. The van der Waals surface area contributed by atoms with Gasteiger partial charge in [0, 0.05) is 0 Å². The van der Waals surface area contributed by atoms with E-state index >= 15 is 0 Å². The zero-order valence-corrected chi connectivity index (χ0v) is 10.9. The van der Waals surface area contributed by atoms with E-state index in [4.69, 9.17) is 4.74 Å². The second kappa shape index (κ2) is 4.13. The molecule has 1 aromatic carbocycles. The molecule has 0 N–H and O–H groups in total. The van der Waals surface area contributed by atoms with Crippen LogP contribution in [0.5, 0.6) is 5.75 Å². The predicted octanol–water partition coefficient (Wildman–Crippen LogP) is 4.35. The van der Waals surface area contributed by atoms with Gasteiger partial charge < -0.3 is 4.74 Å². The van der Waals surface area contributed by atoms with Crippen molar-refractivity contribution in [2.75, 3.05) is 6.61 Å². The smallest absolute Gasteiger partial charge is 0.134 e. The van der Waals surface area contributed by atoms with Crippen LogP contribution in [0.4, 0.5) is 0 Å². The van der Waals surface area contributed by atoms with E-state index in [1.54, 1.807) is 11.3 Å². The highest BCUT2D eigenvalue weighted by Gasteiger charge is 2.07. The topological polar surface area (TPSA) is 9.23 Å². The number of fused-ring (bicyclic) bond motifs is 1. The van der Waals surface area contributed by atoms with Crippen molar-refractivity contribution in [3.05, 3.63) is 22.0 Å². The average Bonchev–Trinajstić information content (AvgIpc) is 2.52. The molecular weight excluding hydrogens is 280 g/mol. The summed E-state index contributed by atoms with van der Waals surface area (Å²) < 4.78 is 7.76. The monoisotopic (exact) mass is 288 g/mol. The maximum atomic E-state index is 5.47. The molecule has 14 heavy (non-hydrogen) atoms. The fourth-order valence-electron chi connectivity index (χ4n) is 1.31. The van der Waals surface area contributed by atoms with Gasteiger partial charge in [-0.2, -0.15) is 0 Å². The standard InChI is InChI=1S/C10H9BrOS2/c1-2-12-7-4-3-6-5-8(11)14-10(6)9(7)13/h3-5,13H,2H2,1H3. The molecule has 0 atom stereocenters. The van der Waals surface area contributed by atoms with E-state index in [1.807, 2.05) is 13.0 Å². The minimum absolute atomic E-state index is 0.672. The third kappa shape index (κ3) is 1.78. The number of thiophene rings is 1. The summed E-state index contributed by atoms with van der Waals surface area (Å²) in [6.45, 7) is 2.65. The number of thiol groups is 1. The zero-order chi connectivity index (χ0) is 10.1. The van der Waals surface area contributed by atoms with Crippen molar-refractivity contribution >= 4 is 50.0 Å². The Labute approximate surface area is 101 Å². The molecule has 0 saturated heterocycles. The number of benzene rings is 1. The Hall–Kier alpha value is -0.190. The SMILES string of the molecule is CCOc1ccc2cc(Br)sc2c1S. The molecule has 1 heterocycles. The summed E-state index contributed by atoms with van der Waals surface area (Å²) in [4.78, 5) is 0.931. The van der Waals surface area contributed by atoms with E-state index in [0.29, 0.717) is 6.61 Å². The molecule has 0 unspecified atom stereocenters. The van der Waals surface area contributed by atoms with Gasteiger partial charge in [0.25, 0.3) is 0 Å². The Morgan fingerprint density at radius 3 is 3.00 bits per heavy atom. The van der Waals surface area contributed by atoms with Crippen molar-refractivity contribution in [2.45, 2.75) is 11.8 Å². The van der Waals surface area contributed by atoms with Gasteiger partial charge >= 0.3 is 0 Å². The number of halogens is 1. The summed E-state index contributed by atoms with van der Waals surface area (Å²) in [6.07, 6.45) is 0. The van der Waals surface area contributed by atoms with Crippen LogP contribution in [-0.4, -0.2) is 6.61 Å². The Bertz CT molecular complexity index is 464. The van der Waals surface area contributed by atoms with Gasteiger partial charge in [0.05, 0.1) is 20.0 Å². The molecule has 1 aromatic heterocycles. The van der Waals surface area contributed by atoms with Gasteiger partial charge in [-0.1, -0.05) is 0 Å². The number of rotatable bonds is 2. The number of ether oxygens (including phenoxy) is 1. The Morgan fingerprint density at radius 1 is 1.50 bits per heavy atom. The molecule has 2 rings (SSSR count). The van der Waals surface area contributed by atoms with Gasteiger partial charge in [0.1, 0.15) is 5.75 Å². The summed E-state index contributed by atoms with van der Waals surface area (Å²) in [7, 11) is 0. The van der Waals surface area contributed by atoms with Crippen LogP contribution in [0.25, 0.3) is 10.1 Å². The third-order valence-corrected chi connectivity index (χ3v) is 4.16. The highest BCUT2D eigenvalue weighted by molar-refractivity contribution is 9.11. The van der Waals surface area contributed by atoms with E-state index in [-0.39, 0.29) is 0 Å². The number of hydrogen-bond acceptors (Lipinski definition) is 3. The first-order chi connectivity index (χ1) is 6.72. The van der Waals surface area contributed by atoms with Crippen molar-refractivity contribution in [3.63, 3.8) is 0 Å². The van der Waals surface area contributed by atoms with E-state index in [1.165, 1.54) is 10.1 Å². The maximum absolute atomic E-state index is 5.47. The lowest BCUT2D eigenvalue weighted by Gasteiger charge is -2.05. The van der Waals surface area contributed by atoms with Gasteiger partial charge in [0.15, 0.2) is 0 Å². The van der Waals surface area contributed by atoms with Gasteiger partial charge in [0.2, 0.25) is 0 Å². The molecule has 0 saturated carbocycles. The van der Waals surface area contributed by atoms with Gasteiger partial charge in [-0.15, -0.1) is 24.0 Å². The Kier molecular flexibility index (Phi) is 3.04. The lowest BCUT2D eigenvalue weighted by molar-refractivity contribution is 0.333. The zero-order valence-electron chi connectivity index (χ0n) is 7.58. The van der Waals surface area contributed by atoms with Crippen LogP contribution >= 0.6 is 39.9 Å². The highest BCUT2D eigenvalue weighted by atomic mass is 79.9. The van der Waals surface area contributed by atoms with Crippen LogP contribution in [0.2, 0.25) is 0 Å². The molecule has 74 valence electrons. The summed E-state index contributed by atoms with van der Waals surface area (Å²) in [5, 5.41) is 1.20. The number of hydrogen-bond donors (Lipinski definition) is 1. The molecule has 2 aromatic rings. The predicted molar refractivity (Wildman–Crippen MR) is 67.9 cm³/mol. The fourth-order valence-corrected chi connectivity index (χ4v) is 3.27. The second-order valence-corrected chi connectivity index (χ2v) is 5.69. The first kappa shape index (κ1) is 10.3. The molecule has 4 heteroatoms. The lowest BCUT2D eigenvalue weighted by atomic mass is 10.2. The van der Waals surface area contributed by atoms with Crippen LogP contribution in [0.15, 0.2) is 26.9 Å². The summed E-state index contributed by atoms with van der Waals surface area (Å²) in [5.74, 6) is 0.859. The van der Waals surface area contributed by atoms with Crippen LogP contribution in [0, 0.1) is 0 Å². The molecule has 0 aliphatic carbocycles. The maximum Gasteiger partial charge on any atom is 0.134 e. The van der Waals surface area contributed by atoms with Crippen molar-refractivity contribution in [1.82, 2.24) is 0 Å². The third-order valence-electron chi connectivity index (χ3n) is 1.89. The lowest BCUT2D eigenvalue weighted by Crippen LogP contribution is -1.91. The minimum atomic E-state index is 0.672. The molecule has 0 aliphatic rings. The quantitative estimate of drug-likeness (QED) is 0.809. The van der Waals surface area contributed by atoms with Crippen LogP contribution < -0.4 is 4.74 Å². The van der Waals surface area contributed by atoms with Crippen molar-refractivity contribution in [1.29, 1.82) is 0 Å². The van der Waals surface area contributed by atoms with Crippen LogP contribution in [-0.2, 0) is 0 Å². The average molecular weight is 289 g/mol. The largest absolute Gasteiger partial charge is 0.493 e. The van der Waals surface area contributed by atoms with Crippen molar-refractivity contribution in [2.24, 2.45) is 0 Å². The van der Waals surface area contributed by atoms with Gasteiger partial charge in [-0.05, 0) is 46.4 Å². The van der Waals surface area contributed by atoms with E-state index in [2.05, 4.69) is 40.7 Å². The summed E-state index contributed by atoms with van der Waals surface area (Å²) in [5.41, 5.74) is 0. The van der Waals surface area contributed by atoms with Crippen LogP contribution in [0.1, 0.15) is 6.92 Å².